The number of hydrogen-bond donors (Lipinski definition) is 2. The minimum absolute atomic E-state index is 0.110. The highest BCUT2D eigenvalue weighted by atomic mass is 16.5. The van der Waals surface area contributed by atoms with Crippen molar-refractivity contribution in [2.75, 3.05) is 39.3 Å². The summed E-state index contributed by atoms with van der Waals surface area (Å²) in [5.74, 6) is 1.37. The van der Waals surface area contributed by atoms with Gasteiger partial charge in [-0.05, 0) is 101 Å². The lowest BCUT2D eigenvalue weighted by molar-refractivity contribution is -0.134. The second kappa shape index (κ2) is 13.1. The first kappa shape index (κ1) is 30.4. The summed E-state index contributed by atoms with van der Waals surface area (Å²) in [6.45, 7) is 7.54. The second-order valence-electron chi connectivity index (χ2n) is 13.2. The zero-order valence-electron chi connectivity index (χ0n) is 26.3. The summed E-state index contributed by atoms with van der Waals surface area (Å²) in [5.41, 5.74) is 4.59. The fraction of sp³-hybridized carbons (Fsp3) is 0.528. The van der Waals surface area contributed by atoms with Gasteiger partial charge in [0.05, 0.1) is 29.6 Å². The molecule has 1 aromatic heterocycles. The smallest absolute Gasteiger partial charge is 0.255 e. The molecule has 8 nitrogen and oxygen atoms in total. The Bertz CT molecular complexity index is 1530. The number of amides is 2. The van der Waals surface area contributed by atoms with Crippen LogP contribution in [-0.4, -0.2) is 66.5 Å². The van der Waals surface area contributed by atoms with E-state index in [1.807, 2.05) is 29.7 Å². The number of carbonyl (C=O) groups excluding carboxylic acids is 3. The number of para-hydroxylation sites is 2. The van der Waals surface area contributed by atoms with Gasteiger partial charge in [-0.1, -0.05) is 43.7 Å². The van der Waals surface area contributed by atoms with Gasteiger partial charge >= 0.3 is 0 Å². The van der Waals surface area contributed by atoms with E-state index in [1.165, 1.54) is 16.6 Å². The van der Waals surface area contributed by atoms with E-state index in [1.54, 1.807) is 6.07 Å². The van der Waals surface area contributed by atoms with Crippen LogP contribution >= 0.6 is 0 Å². The van der Waals surface area contributed by atoms with Crippen molar-refractivity contribution in [2.24, 2.45) is 11.3 Å². The van der Waals surface area contributed by atoms with Crippen molar-refractivity contribution < 1.29 is 19.1 Å². The Morgan fingerprint density at radius 1 is 0.977 bits per heavy atom. The minimum Gasteiger partial charge on any atom is -0.492 e. The van der Waals surface area contributed by atoms with Crippen molar-refractivity contribution in [1.29, 1.82) is 0 Å². The Balaban J connectivity index is 1.11. The SMILES string of the molecule is Cc1cccc2c1OCCCNC(=O)C1(CCCCNC2=O)CCN(CC(=O)n2c3c(c4ccccc42)CC(C)CC3)CC1. The number of nitrogens with one attached hydrogen (secondary N) is 2. The van der Waals surface area contributed by atoms with Crippen LogP contribution in [0.3, 0.4) is 0 Å². The van der Waals surface area contributed by atoms with Crippen molar-refractivity contribution in [2.45, 2.75) is 71.6 Å². The molecule has 6 rings (SSSR count). The van der Waals surface area contributed by atoms with Crippen molar-refractivity contribution in [1.82, 2.24) is 20.1 Å². The van der Waals surface area contributed by atoms with E-state index in [4.69, 9.17) is 4.74 Å². The molecule has 0 saturated carbocycles. The van der Waals surface area contributed by atoms with Crippen LogP contribution in [0.5, 0.6) is 5.75 Å². The first-order valence-corrected chi connectivity index (χ1v) is 16.5. The summed E-state index contributed by atoms with van der Waals surface area (Å²) < 4.78 is 8.03. The van der Waals surface area contributed by atoms with Crippen LogP contribution in [0.1, 0.15) is 83.8 Å². The molecule has 44 heavy (non-hydrogen) atoms. The number of carbonyl (C=O) groups is 3. The van der Waals surface area contributed by atoms with Gasteiger partial charge in [0.15, 0.2) is 0 Å². The molecule has 2 aliphatic heterocycles. The Morgan fingerprint density at radius 2 is 1.77 bits per heavy atom. The molecule has 0 bridgehead atoms. The molecule has 1 fully saturated rings. The Hall–Kier alpha value is -3.65. The summed E-state index contributed by atoms with van der Waals surface area (Å²) in [4.78, 5) is 42.7. The summed E-state index contributed by atoms with van der Waals surface area (Å²) in [5, 5.41) is 7.47. The molecule has 1 unspecified atom stereocenters. The molecule has 2 N–H and O–H groups in total. The monoisotopic (exact) mass is 598 g/mol. The summed E-state index contributed by atoms with van der Waals surface area (Å²) >= 11 is 0. The van der Waals surface area contributed by atoms with Gasteiger partial charge in [-0.3, -0.25) is 23.9 Å². The highest BCUT2D eigenvalue weighted by Crippen LogP contribution is 2.38. The largest absolute Gasteiger partial charge is 0.492 e. The van der Waals surface area contributed by atoms with Crippen molar-refractivity contribution >= 4 is 28.6 Å². The average molecular weight is 599 g/mol. The molecule has 1 atom stereocenters. The number of aryl methyl sites for hydroxylation is 1. The van der Waals surface area contributed by atoms with Crippen molar-refractivity contribution in [3.63, 3.8) is 0 Å². The molecule has 0 radical (unpaired) electrons. The molecule has 1 spiro atoms. The summed E-state index contributed by atoms with van der Waals surface area (Å²) in [6.07, 6.45) is 7.61. The standard InChI is InChI=1S/C36H46N4O4/c1-25-13-14-31-29(23-25)27-10-3-4-12-30(27)40(31)32(41)24-39-20-16-36(17-21-39)15-5-6-18-37-34(42)28-11-7-9-26(2)33(28)44-22-8-19-38-35(36)43/h3-4,7,9-12,25H,5-6,8,13-24H2,1-2H3,(H,37,42)(H,38,43). The summed E-state index contributed by atoms with van der Waals surface area (Å²) in [6, 6.07) is 14.0. The molecule has 1 saturated heterocycles. The maximum absolute atomic E-state index is 13.8. The highest BCUT2D eigenvalue weighted by Gasteiger charge is 2.41. The van der Waals surface area contributed by atoms with Crippen LogP contribution in [0.25, 0.3) is 10.9 Å². The third kappa shape index (κ3) is 6.14. The van der Waals surface area contributed by atoms with Crippen LogP contribution in [0.4, 0.5) is 0 Å². The fourth-order valence-electron chi connectivity index (χ4n) is 7.50. The lowest BCUT2D eigenvalue weighted by atomic mass is 9.73. The Labute approximate surface area is 260 Å². The summed E-state index contributed by atoms with van der Waals surface area (Å²) in [7, 11) is 0. The number of nitrogens with zero attached hydrogens (tertiary/aromatic N) is 2. The Kier molecular flexibility index (Phi) is 9.08. The van der Waals surface area contributed by atoms with Gasteiger partial charge in [0.2, 0.25) is 11.8 Å². The number of aromatic nitrogens is 1. The van der Waals surface area contributed by atoms with Gasteiger partial charge in [-0.15, -0.1) is 0 Å². The highest BCUT2D eigenvalue weighted by molar-refractivity contribution is 5.98. The first-order chi connectivity index (χ1) is 21.4. The second-order valence-corrected chi connectivity index (χ2v) is 13.2. The number of likely N-dealkylation sites (tertiary alicyclic amines) is 1. The third-order valence-electron chi connectivity index (χ3n) is 10.1. The van der Waals surface area contributed by atoms with Crippen molar-refractivity contribution in [3.05, 3.63) is 64.8 Å². The molecular weight excluding hydrogens is 552 g/mol. The van der Waals surface area contributed by atoms with Crippen LogP contribution in [-0.2, 0) is 17.6 Å². The van der Waals surface area contributed by atoms with E-state index in [9.17, 15) is 14.4 Å². The third-order valence-corrected chi connectivity index (χ3v) is 10.1. The lowest BCUT2D eigenvalue weighted by Gasteiger charge is -2.40. The quantitative estimate of drug-likeness (QED) is 0.418. The van der Waals surface area contributed by atoms with Crippen molar-refractivity contribution in [3.8, 4) is 5.75 Å². The molecule has 8 heteroatoms. The molecule has 3 heterocycles. The maximum atomic E-state index is 13.8. The molecule has 234 valence electrons. The first-order valence-electron chi connectivity index (χ1n) is 16.5. The number of fused-ring (bicyclic) bond motifs is 4. The molecule has 3 aliphatic rings. The van der Waals surface area contributed by atoms with Gasteiger partial charge < -0.3 is 15.4 Å². The zero-order chi connectivity index (χ0) is 30.7. The van der Waals surface area contributed by atoms with Crippen LogP contribution in [0.15, 0.2) is 42.5 Å². The van der Waals surface area contributed by atoms with E-state index >= 15 is 0 Å². The number of benzene rings is 2. The van der Waals surface area contributed by atoms with Crippen LogP contribution in [0, 0.1) is 18.3 Å². The fourth-order valence-corrected chi connectivity index (χ4v) is 7.50. The van der Waals surface area contributed by atoms with Gasteiger partial charge in [-0.2, -0.15) is 0 Å². The molecule has 2 amide bonds. The average Bonchev–Trinajstić information content (AvgIpc) is 3.35. The number of ether oxygens (including phenoxy) is 1. The number of rotatable bonds is 2. The predicted octanol–water partition coefficient (Wildman–Crippen LogP) is 5.30. The minimum atomic E-state index is -0.459. The maximum Gasteiger partial charge on any atom is 0.255 e. The van der Waals surface area contributed by atoms with E-state index in [0.29, 0.717) is 63.0 Å². The van der Waals surface area contributed by atoms with E-state index in [2.05, 4.69) is 40.7 Å². The van der Waals surface area contributed by atoms with Gasteiger partial charge in [0.1, 0.15) is 5.75 Å². The molecule has 3 aromatic rings. The van der Waals surface area contributed by atoms with E-state index in [0.717, 1.165) is 62.4 Å². The van der Waals surface area contributed by atoms with Gasteiger partial charge in [0, 0.05) is 24.2 Å². The molecule has 1 aliphatic carbocycles. The van der Waals surface area contributed by atoms with E-state index in [-0.39, 0.29) is 17.7 Å². The Morgan fingerprint density at radius 3 is 2.61 bits per heavy atom. The van der Waals surface area contributed by atoms with E-state index < -0.39 is 5.41 Å². The number of hydrogen-bond acceptors (Lipinski definition) is 5. The predicted molar refractivity (Wildman–Crippen MR) is 172 cm³/mol. The molecular formula is C36H46N4O4. The number of piperidine rings is 1. The van der Waals surface area contributed by atoms with Crippen LogP contribution in [0.2, 0.25) is 0 Å². The topological polar surface area (TPSA) is 92.7 Å². The van der Waals surface area contributed by atoms with Crippen LogP contribution < -0.4 is 15.4 Å². The van der Waals surface area contributed by atoms with Gasteiger partial charge in [-0.25, -0.2) is 0 Å². The van der Waals surface area contributed by atoms with Gasteiger partial charge in [0.25, 0.3) is 5.91 Å². The lowest BCUT2D eigenvalue weighted by Crippen LogP contribution is -2.50. The normalized spacial score (nSPS) is 21.7. The zero-order valence-corrected chi connectivity index (χ0v) is 26.3. The molecule has 2 aromatic carbocycles.